The molecule has 1 aliphatic heterocycles. The van der Waals surface area contributed by atoms with Crippen molar-refractivity contribution in [3.63, 3.8) is 0 Å². The van der Waals surface area contributed by atoms with E-state index in [0.717, 1.165) is 4.90 Å². The summed E-state index contributed by atoms with van der Waals surface area (Å²) < 4.78 is 36.7. The number of carbonyl (C=O) groups excluding carboxylic acids is 1. The van der Waals surface area contributed by atoms with Crippen LogP contribution in [0.15, 0.2) is 36.5 Å². The maximum Gasteiger partial charge on any atom is 0.307 e. The van der Waals surface area contributed by atoms with Crippen LogP contribution in [-0.4, -0.2) is 35.9 Å². The number of benzene rings is 1. The van der Waals surface area contributed by atoms with E-state index in [4.69, 9.17) is 0 Å². The Labute approximate surface area is 131 Å². The molecule has 1 saturated heterocycles. The van der Waals surface area contributed by atoms with Crippen molar-refractivity contribution in [1.82, 2.24) is 9.78 Å². The molecule has 3 rings (SSSR count). The average molecular weight is 334 g/mol. The monoisotopic (exact) mass is 334 g/mol. The SMILES string of the molecule is N#Cc1cnn(-c2ccccc2)c1N1CC(S(=O)(=O)F)CC1=O. The van der Waals surface area contributed by atoms with E-state index in [1.807, 2.05) is 6.07 Å². The van der Waals surface area contributed by atoms with Crippen LogP contribution in [0.25, 0.3) is 5.69 Å². The Morgan fingerprint density at radius 1 is 1.30 bits per heavy atom. The van der Waals surface area contributed by atoms with E-state index in [1.165, 1.54) is 10.9 Å². The first kappa shape index (κ1) is 15.2. The molecule has 1 aromatic heterocycles. The Balaban J connectivity index is 2.08. The predicted octanol–water partition coefficient (Wildman–Crippen LogP) is 1.15. The Bertz CT molecular complexity index is 902. The zero-order valence-corrected chi connectivity index (χ0v) is 12.6. The molecule has 7 nitrogen and oxygen atoms in total. The summed E-state index contributed by atoms with van der Waals surface area (Å²) in [5.41, 5.74) is 0.711. The van der Waals surface area contributed by atoms with Crippen molar-refractivity contribution >= 4 is 21.9 Å². The highest BCUT2D eigenvalue weighted by Crippen LogP contribution is 2.30. The van der Waals surface area contributed by atoms with Crippen molar-refractivity contribution in [1.29, 1.82) is 5.26 Å². The molecule has 0 radical (unpaired) electrons. The molecule has 1 aromatic carbocycles. The van der Waals surface area contributed by atoms with Crippen molar-refractivity contribution in [3.05, 3.63) is 42.1 Å². The molecule has 1 aliphatic rings. The molecule has 118 valence electrons. The van der Waals surface area contributed by atoms with Crippen LogP contribution in [0.5, 0.6) is 0 Å². The van der Waals surface area contributed by atoms with Gasteiger partial charge in [0, 0.05) is 13.0 Å². The standard InChI is InChI=1S/C14H11FN4O3S/c15-23(21,22)12-6-13(20)18(9-12)14-10(7-16)8-17-19(14)11-4-2-1-3-5-11/h1-5,8,12H,6,9H2. The molecule has 0 N–H and O–H groups in total. The number of nitrogens with zero attached hydrogens (tertiary/aromatic N) is 4. The Hall–Kier alpha value is -2.73. The van der Waals surface area contributed by atoms with Crippen LogP contribution < -0.4 is 4.90 Å². The predicted molar refractivity (Wildman–Crippen MR) is 79.1 cm³/mol. The second-order valence-electron chi connectivity index (χ2n) is 5.05. The first-order valence-corrected chi connectivity index (χ1v) is 8.14. The first-order chi connectivity index (χ1) is 10.9. The second-order valence-corrected chi connectivity index (χ2v) is 6.66. The van der Waals surface area contributed by atoms with Gasteiger partial charge in [-0.15, -0.1) is 3.89 Å². The molecule has 9 heteroatoms. The van der Waals surface area contributed by atoms with Crippen LogP contribution in [0.4, 0.5) is 9.70 Å². The second kappa shape index (κ2) is 5.48. The lowest BCUT2D eigenvalue weighted by atomic mass is 10.3. The quantitative estimate of drug-likeness (QED) is 0.785. The number of anilines is 1. The number of rotatable bonds is 3. The summed E-state index contributed by atoms with van der Waals surface area (Å²) >= 11 is 0. The molecule has 1 fully saturated rings. The molecule has 0 spiro atoms. The van der Waals surface area contributed by atoms with Gasteiger partial charge in [-0.3, -0.25) is 9.69 Å². The number of halogens is 1. The van der Waals surface area contributed by atoms with Crippen molar-refractivity contribution in [2.45, 2.75) is 11.7 Å². The Kier molecular flexibility index (Phi) is 3.61. The van der Waals surface area contributed by atoms with Crippen molar-refractivity contribution < 1.29 is 17.1 Å². The molecule has 1 atom stereocenters. The minimum absolute atomic E-state index is 0.110. The molecule has 0 aliphatic carbocycles. The van der Waals surface area contributed by atoms with E-state index in [0.29, 0.717) is 5.69 Å². The molecule has 0 bridgehead atoms. The molecule has 23 heavy (non-hydrogen) atoms. The van der Waals surface area contributed by atoms with E-state index in [2.05, 4.69) is 5.10 Å². The van der Waals surface area contributed by atoms with Gasteiger partial charge in [0.2, 0.25) is 5.91 Å². The van der Waals surface area contributed by atoms with E-state index >= 15 is 0 Å². The van der Waals surface area contributed by atoms with Crippen LogP contribution in [0.2, 0.25) is 0 Å². The van der Waals surface area contributed by atoms with Gasteiger partial charge in [-0.1, -0.05) is 18.2 Å². The summed E-state index contributed by atoms with van der Waals surface area (Å²) in [4.78, 5) is 13.2. The summed E-state index contributed by atoms with van der Waals surface area (Å²) in [5, 5.41) is 11.9. The maximum atomic E-state index is 13.2. The van der Waals surface area contributed by atoms with Crippen molar-refractivity contribution in [2.75, 3.05) is 11.4 Å². The molecular formula is C14H11FN4O3S. The average Bonchev–Trinajstić information content (AvgIpc) is 3.10. The van der Waals surface area contributed by atoms with E-state index < -0.39 is 27.8 Å². The highest BCUT2D eigenvalue weighted by atomic mass is 32.3. The van der Waals surface area contributed by atoms with Crippen molar-refractivity contribution in [2.24, 2.45) is 0 Å². The van der Waals surface area contributed by atoms with Crippen LogP contribution in [0.1, 0.15) is 12.0 Å². The number of hydrogen-bond donors (Lipinski definition) is 0. The third kappa shape index (κ3) is 2.68. The molecular weight excluding hydrogens is 323 g/mol. The summed E-state index contributed by atoms with van der Waals surface area (Å²) in [6, 6.07) is 10.7. The topological polar surface area (TPSA) is 96.1 Å². The van der Waals surface area contributed by atoms with Gasteiger partial charge in [0.05, 0.1) is 11.9 Å². The highest BCUT2D eigenvalue weighted by Gasteiger charge is 2.41. The number of amides is 1. The third-order valence-corrected chi connectivity index (χ3v) is 4.72. The normalized spacial score (nSPS) is 18.2. The van der Waals surface area contributed by atoms with Gasteiger partial charge in [0.15, 0.2) is 5.82 Å². The minimum atomic E-state index is -4.83. The van der Waals surface area contributed by atoms with Gasteiger partial charge in [0.1, 0.15) is 16.9 Å². The van der Waals surface area contributed by atoms with Crippen LogP contribution in [-0.2, 0) is 15.0 Å². The van der Waals surface area contributed by atoms with Crippen LogP contribution in [0.3, 0.4) is 0 Å². The maximum absolute atomic E-state index is 13.2. The van der Waals surface area contributed by atoms with E-state index in [-0.39, 0.29) is 17.9 Å². The molecule has 2 heterocycles. The number of nitriles is 1. The summed E-state index contributed by atoms with van der Waals surface area (Å²) in [7, 11) is -4.83. The van der Waals surface area contributed by atoms with Crippen molar-refractivity contribution in [3.8, 4) is 11.8 Å². The molecule has 0 saturated carbocycles. The van der Waals surface area contributed by atoms with Gasteiger partial charge in [-0.05, 0) is 12.1 Å². The van der Waals surface area contributed by atoms with Gasteiger partial charge < -0.3 is 0 Å². The Morgan fingerprint density at radius 3 is 2.57 bits per heavy atom. The summed E-state index contributed by atoms with van der Waals surface area (Å²) in [6.07, 6.45) is 0.830. The lowest BCUT2D eigenvalue weighted by Gasteiger charge is -2.18. The highest BCUT2D eigenvalue weighted by molar-refractivity contribution is 7.87. The largest absolute Gasteiger partial charge is 0.307 e. The minimum Gasteiger partial charge on any atom is -0.294 e. The zero-order valence-electron chi connectivity index (χ0n) is 11.8. The van der Waals surface area contributed by atoms with Crippen LogP contribution in [0, 0.1) is 11.3 Å². The smallest absolute Gasteiger partial charge is 0.294 e. The van der Waals surface area contributed by atoms with Gasteiger partial charge in [0.25, 0.3) is 0 Å². The lowest BCUT2D eigenvalue weighted by Crippen LogP contribution is -2.29. The molecule has 1 amide bonds. The zero-order chi connectivity index (χ0) is 16.6. The third-order valence-electron chi connectivity index (χ3n) is 3.61. The number of para-hydroxylation sites is 1. The number of aromatic nitrogens is 2. The first-order valence-electron chi connectivity index (χ1n) is 6.69. The fourth-order valence-electron chi connectivity index (χ4n) is 2.51. The number of carbonyl (C=O) groups is 1. The van der Waals surface area contributed by atoms with Gasteiger partial charge in [-0.25, -0.2) is 4.68 Å². The summed E-state index contributed by atoms with van der Waals surface area (Å²) in [6.45, 7) is -0.342. The Morgan fingerprint density at radius 2 is 2.00 bits per heavy atom. The fourth-order valence-corrected chi connectivity index (χ4v) is 3.18. The number of hydrogen-bond acceptors (Lipinski definition) is 5. The lowest BCUT2D eigenvalue weighted by molar-refractivity contribution is -0.117. The van der Waals surface area contributed by atoms with E-state index in [9.17, 15) is 22.4 Å². The molecule has 2 aromatic rings. The fraction of sp³-hybridized carbons (Fsp3) is 0.214. The van der Waals surface area contributed by atoms with Gasteiger partial charge in [-0.2, -0.15) is 18.8 Å². The molecule has 1 unspecified atom stereocenters. The van der Waals surface area contributed by atoms with Crippen LogP contribution >= 0.6 is 0 Å². The summed E-state index contributed by atoms with van der Waals surface area (Å²) in [5.74, 6) is -0.416. The van der Waals surface area contributed by atoms with Gasteiger partial charge >= 0.3 is 10.2 Å². The van der Waals surface area contributed by atoms with E-state index in [1.54, 1.807) is 30.3 Å².